The van der Waals surface area contributed by atoms with Crippen LogP contribution >= 0.6 is 0 Å². The van der Waals surface area contributed by atoms with Crippen LogP contribution in [0.1, 0.15) is 30.1 Å². The normalized spacial score (nSPS) is 17.7. The highest BCUT2D eigenvalue weighted by molar-refractivity contribution is 5.99. The van der Waals surface area contributed by atoms with Gasteiger partial charge in [0.05, 0.1) is 13.7 Å². The van der Waals surface area contributed by atoms with Crippen molar-refractivity contribution < 1.29 is 28.5 Å². The lowest BCUT2D eigenvalue weighted by Crippen LogP contribution is -2.43. The highest BCUT2D eigenvalue weighted by atomic mass is 19.1. The maximum atomic E-state index is 13.0. The fraction of sp³-hybridized carbons (Fsp3) is 0.458. The molecule has 1 aliphatic heterocycles. The molecule has 0 radical (unpaired) electrons. The number of carbonyl (C=O) groups excluding carboxylic acids is 1. The van der Waals surface area contributed by atoms with E-state index in [9.17, 15) is 14.3 Å². The second-order valence-electron chi connectivity index (χ2n) is 7.89. The van der Waals surface area contributed by atoms with Gasteiger partial charge < -0.3 is 24.2 Å². The number of ether oxygens (including phenoxy) is 3. The Bertz CT molecular complexity index is 858. The quantitative estimate of drug-likeness (QED) is 0.580. The molecule has 0 aliphatic carbocycles. The van der Waals surface area contributed by atoms with Crippen molar-refractivity contribution in [2.75, 3.05) is 40.0 Å². The molecule has 0 spiro atoms. The summed E-state index contributed by atoms with van der Waals surface area (Å²) in [5.74, 6) is 1.44. The maximum absolute atomic E-state index is 13.0. The number of hydrogen-bond acceptors (Lipinski definition) is 6. The van der Waals surface area contributed by atoms with Crippen molar-refractivity contribution in [3.63, 3.8) is 0 Å². The Morgan fingerprint density at radius 3 is 2.65 bits per heavy atom. The molecule has 2 atom stereocenters. The molecule has 31 heavy (non-hydrogen) atoms. The van der Waals surface area contributed by atoms with Crippen LogP contribution in [0.2, 0.25) is 0 Å². The molecule has 168 valence electrons. The second kappa shape index (κ2) is 11.1. The van der Waals surface area contributed by atoms with Crippen LogP contribution in [-0.2, 0) is 0 Å². The number of nitrogens with zero attached hydrogens (tertiary/aromatic N) is 1. The van der Waals surface area contributed by atoms with Crippen LogP contribution < -0.4 is 14.2 Å². The third-order valence-electron chi connectivity index (χ3n) is 5.36. The molecule has 2 aromatic carbocycles. The van der Waals surface area contributed by atoms with Gasteiger partial charge in [0.1, 0.15) is 41.3 Å². The van der Waals surface area contributed by atoms with Crippen LogP contribution in [0.25, 0.3) is 0 Å². The maximum Gasteiger partial charge on any atom is 0.167 e. The van der Waals surface area contributed by atoms with E-state index in [4.69, 9.17) is 14.2 Å². The summed E-state index contributed by atoms with van der Waals surface area (Å²) >= 11 is 0. The molecule has 1 aliphatic rings. The largest absolute Gasteiger partial charge is 0.496 e. The van der Waals surface area contributed by atoms with Gasteiger partial charge in [-0.25, -0.2) is 4.39 Å². The smallest absolute Gasteiger partial charge is 0.167 e. The molecule has 6 nitrogen and oxygen atoms in total. The van der Waals surface area contributed by atoms with Crippen molar-refractivity contribution in [3.05, 3.63) is 53.8 Å². The molecule has 1 saturated heterocycles. The van der Waals surface area contributed by atoms with Gasteiger partial charge >= 0.3 is 0 Å². The number of benzene rings is 2. The molecule has 1 N–H and O–H groups in total. The van der Waals surface area contributed by atoms with E-state index < -0.39 is 6.10 Å². The minimum Gasteiger partial charge on any atom is -0.496 e. The van der Waals surface area contributed by atoms with Crippen LogP contribution in [-0.4, -0.2) is 61.9 Å². The van der Waals surface area contributed by atoms with E-state index in [0.717, 1.165) is 25.9 Å². The van der Waals surface area contributed by atoms with Crippen molar-refractivity contribution in [1.29, 1.82) is 0 Å². The van der Waals surface area contributed by atoms with Crippen molar-refractivity contribution in [2.45, 2.75) is 25.9 Å². The Labute approximate surface area is 182 Å². The predicted octanol–water partition coefficient (Wildman–Crippen LogP) is 3.57. The molecule has 0 bridgehead atoms. The van der Waals surface area contributed by atoms with Gasteiger partial charge in [0.15, 0.2) is 5.78 Å². The van der Waals surface area contributed by atoms with Gasteiger partial charge in [-0.05, 0) is 62.7 Å². The van der Waals surface area contributed by atoms with Crippen LogP contribution in [0.15, 0.2) is 42.5 Å². The summed E-state index contributed by atoms with van der Waals surface area (Å²) in [5, 5.41) is 10.5. The zero-order chi connectivity index (χ0) is 22.2. The molecular weight excluding hydrogens is 401 g/mol. The third-order valence-corrected chi connectivity index (χ3v) is 5.36. The standard InChI is InChI=1S/C24H30FNO5/c1-17(27)24-22(29-2)6-3-7-23(24)31-16-20(28)14-26-12-4-5-18(13-26)15-30-21-10-8-19(25)9-11-21/h3,6-11,18,20,28H,4-5,12-16H2,1-2H3. The van der Waals surface area contributed by atoms with Crippen molar-refractivity contribution in [3.8, 4) is 17.2 Å². The number of methoxy groups -OCH3 is 1. The first-order valence-corrected chi connectivity index (χ1v) is 10.6. The fourth-order valence-electron chi connectivity index (χ4n) is 3.88. The van der Waals surface area contributed by atoms with Gasteiger partial charge in [-0.1, -0.05) is 6.07 Å². The molecule has 2 unspecified atom stereocenters. The highest BCUT2D eigenvalue weighted by Crippen LogP contribution is 2.29. The first kappa shape index (κ1) is 23.0. The zero-order valence-electron chi connectivity index (χ0n) is 18.1. The van der Waals surface area contributed by atoms with Crippen LogP contribution in [0.5, 0.6) is 17.2 Å². The number of likely N-dealkylation sites (tertiary alicyclic amines) is 1. The van der Waals surface area contributed by atoms with Crippen molar-refractivity contribution >= 4 is 5.78 Å². The number of β-amino-alcohol motifs (C(OH)–C–C–N with tert-alkyl or cyclic N) is 1. The number of aliphatic hydroxyl groups is 1. The molecule has 0 aromatic heterocycles. The Morgan fingerprint density at radius 2 is 1.94 bits per heavy atom. The summed E-state index contributed by atoms with van der Waals surface area (Å²) in [5.41, 5.74) is 0.383. The Balaban J connectivity index is 1.47. The van der Waals surface area contributed by atoms with E-state index in [-0.39, 0.29) is 18.2 Å². The van der Waals surface area contributed by atoms with E-state index in [1.165, 1.54) is 26.2 Å². The number of ketones is 1. The van der Waals surface area contributed by atoms with E-state index in [0.29, 0.717) is 41.9 Å². The summed E-state index contributed by atoms with van der Waals surface area (Å²) < 4.78 is 29.8. The summed E-state index contributed by atoms with van der Waals surface area (Å²) in [6.07, 6.45) is 1.38. The zero-order valence-corrected chi connectivity index (χ0v) is 18.1. The number of aliphatic hydroxyl groups excluding tert-OH is 1. The van der Waals surface area contributed by atoms with Crippen molar-refractivity contribution in [1.82, 2.24) is 4.90 Å². The lowest BCUT2D eigenvalue weighted by atomic mass is 9.98. The van der Waals surface area contributed by atoms with Gasteiger partial charge in [0, 0.05) is 19.0 Å². The Hall–Kier alpha value is -2.64. The lowest BCUT2D eigenvalue weighted by molar-refractivity contribution is 0.0448. The fourth-order valence-corrected chi connectivity index (χ4v) is 3.88. The van der Waals surface area contributed by atoms with Crippen LogP contribution in [0.3, 0.4) is 0 Å². The van der Waals surface area contributed by atoms with Gasteiger partial charge in [0.25, 0.3) is 0 Å². The molecule has 2 aromatic rings. The van der Waals surface area contributed by atoms with Crippen LogP contribution in [0, 0.1) is 11.7 Å². The average molecular weight is 432 g/mol. The number of rotatable bonds is 10. The first-order valence-electron chi connectivity index (χ1n) is 10.6. The van der Waals surface area contributed by atoms with Gasteiger partial charge in [0.2, 0.25) is 0 Å². The second-order valence-corrected chi connectivity index (χ2v) is 7.89. The van der Waals surface area contributed by atoms with Gasteiger partial charge in [-0.15, -0.1) is 0 Å². The number of halogens is 1. The number of piperidine rings is 1. The van der Waals surface area contributed by atoms with E-state index in [2.05, 4.69) is 4.90 Å². The van der Waals surface area contributed by atoms with Crippen LogP contribution in [0.4, 0.5) is 4.39 Å². The number of carbonyl (C=O) groups is 1. The summed E-state index contributed by atoms with van der Waals surface area (Å²) in [6.45, 7) is 4.30. The molecule has 7 heteroatoms. The summed E-state index contributed by atoms with van der Waals surface area (Å²) in [6, 6.07) is 11.2. The minimum absolute atomic E-state index is 0.0840. The summed E-state index contributed by atoms with van der Waals surface area (Å²) in [7, 11) is 1.51. The van der Waals surface area contributed by atoms with E-state index in [1.54, 1.807) is 30.3 Å². The van der Waals surface area contributed by atoms with E-state index >= 15 is 0 Å². The minimum atomic E-state index is -0.692. The number of hydrogen-bond donors (Lipinski definition) is 1. The number of Topliss-reactive ketones (excluding diaryl/α,β-unsaturated/α-hetero) is 1. The summed E-state index contributed by atoms with van der Waals surface area (Å²) in [4.78, 5) is 14.2. The van der Waals surface area contributed by atoms with Gasteiger partial charge in [-0.3, -0.25) is 4.79 Å². The van der Waals surface area contributed by atoms with Crippen molar-refractivity contribution in [2.24, 2.45) is 5.92 Å². The predicted molar refractivity (Wildman–Crippen MR) is 116 cm³/mol. The first-order chi connectivity index (χ1) is 15.0. The Kier molecular flexibility index (Phi) is 8.26. The lowest BCUT2D eigenvalue weighted by Gasteiger charge is -2.33. The molecule has 1 heterocycles. The topological polar surface area (TPSA) is 68.2 Å². The SMILES string of the molecule is COc1cccc(OCC(O)CN2CCCC(COc3ccc(F)cc3)C2)c1C(C)=O. The molecule has 0 saturated carbocycles. The molecular formula is C24H30FNO5. The highest BCUT2D eigenvalue weighted by Gasteiger charge is 2.23. The third kappa shape index (κ3) is 6.67. The van der Waals surface area contributed by atoms with E-state index in [1.807, 2.05) is 0 Å². The van der Waals surface area contributed by atoms with Gasteiger partial charge in [-0.2, -0.15) is 0 Å². The molecule has 0 amide bonds. The molecule has 1 fully saturated rings. The monoisotopic (exact) mass is 431 g/mol. The Morgan fingerprint density at radius 1 is 1.19 bits per heavy atom. The average Bonchev–Trinajstić information content (AvgIpc) is 2.77. The molecule has 3 rings (SSSR count).